The Bertz CT molecular complexity index is 328. The van der Waals surface area contributed by atoms with Crippen LogP contribution >= 0.6 is 0 Å². The summed E-state index contributed by atoms with van der Waals surface area (Å²) >= 11 is 0. The van der Waals surface area contributed by atoms with E-state index in [2.05, 4.69) is 5.32 Å². The van der Waals surface area contributed by atoms with Crippen molar-refractivity contribution in [1.82, 2.24) is 5.32 Å². The fourth-order valence-corrected chi connectivity index (χ4v) is 1.48. The molecule has 1 atom stereocenters. The number of aliphatic hydroxyl groups is 1. The molecule has 0 heterocycles. The van der Waals surface area contributed by atoms with Crippen molar-refractivity contribution in [3.8, 4) is 11.5 Å². The average Bonchev–Trinajstić information content (AvgIpc) is 2.30. The fraction of sp³-hybridized carbons (Fsp3) is 0.500. The lowest BCUT2D eigenvalue weighted by Gasteiger charge is -2.14. The standard InChI is InChI=1S/C12H19NO3/c1-4-16-11-6-5-9(7-12(11)15-3)10(14)8-13-2/h5-7,10,13-14H,4,8H2,1-3H3. The molecule has 0 saturated heterocycles. The molecule has 4 nitrogen and oxygen atoms in total. The van der Waals surface area contributed by atoms with Gasteiger partial charge in [0.1, 0.15) is 0 Å². The van der Waals surface area contributed by atoms with Crippen LogP contribution in [0.1, 0.15) is 18.6 Å². The van der Waals surface area contributed by atoms with Crippen LogP contribution in [0.15, 0.2) is 18.2 Å². The smallest absolute Gasteiger partial charge is 0.161 e. The number of aliphatic hydroxyl groups excluding tert-OH is 1. The highest BCUT2D eigenvalue weighted by Crippen LogP contribution is 2.30. The Morgan fingerprint density at radius 1 is 1.38 bits per heavy atom. The van der Waals surface area contributed by atoms with Gasteiger partial charge in [-0.3, -0.25) is 0 Å². The molecule has 0 radical (unpaired) electrons. The van der Waals surface area contributed by atoms with E-state index >= 15 is 0 Å². The summed E-state index contributed by atoms with van der Waals surface area (Å²) < 4.78 is 10.6. The van der Waals surface area contributed by atoms with Gasteiger partial charge in [0, 0.05) is 6.54 Å². The van der Waals surface area contributed by atoms with Crippen LogP contribution in [-0.4, -0.2) is 32.4 Å². The second kappa shape index (κ2) is 6.35. The van der Waals surface area contributed by atoms with Gasteiger partial charge in [0.05, 0.1) is 19.8 Å². The molecule has 16 heavy (non-hydrogen) atoms. The Kier molecular flexibility index (Phi) is 5.08. The van der Waals surface area contributed by atoms with Crippen LogP contribution in [0, 0.1) is 0 Å². The molecule has 2 N–H and O–H groups in total. The molecule has 0 spiro atoms. The highest BCUT2D eigenvalue weighted by Gasteiger charge is 2.10. The first-order valence-corrected chi connectivity index (χ1v) is 5.36. The van der Waals surface area contributed by atoms with Crippen molar-refractivity contribution < 1.29 is 14.6 Å². The van der Waals surface area contributed by atoms with Crippen LogP contribution in [0.3, 0.4) is 0 Å². The number of hydrogen-bond acceptors (Lipinski definition) is 4. The zero-order chi connectivity index (χ0) is 12.0. The van der Waals surface area contributed by atoms with Crippen molar-refractivity contribution >= 4 is 0 Å². The number of methoxy groups -OCH3 is 1. The van der Waals surface area contributed by atoms with E-state index in [0.717, 1.165) is 5.56 Å². The van der Waals surface area contributed by atoms with E-state index in [0.29, 0.717) is 24.7 Å². The van der Waals surface area contributed by atoms with Crippen LogP contribution in [0.25, 0.3) is 0 Å². The Balaban J connectivity index is 2.89. The van der Waals surface area contributed by atoms with Crippen molar-refractivity contribution in [2.24, 2.45) is 0 Å². The van der Waals surface area contributed by atoms with Gasteiger partial charge in [-0.25, -0.2) is 0 Å². The summed E-state index contributed by atoms with van der Waals surface area (Å²) in [4.78, 5) is 0. The van der Waals surface area contributed by atoms with E-state index in [1.165, 1.54) is 0 Å². The minimum atomic E-state index is -0.533. The zero-order valence-corrected chi connectivity index (χ0v) is 9.99. The molecule has 0 fully saturated rings. The molecular weight excluding hydrogens is 206 g/mol. The van der Waals surface area contributed by atoms with Gasteiger partial charge in [-0.15, -0.1) is 0 Å². The predicted octanol–water partition coefficient (Wildman–Crippen LogP) is 1.35. The van der Waals surface area contributed by atoms with Crippen LogP contribution in [-0.2, 0) is 0 Å². The second-order valence-corrected chi connectivity index (χ2v) is 3.42. The maximum absolute atomic E-state index is 9.80. The lowest BCUT2D eigenvalue weighted by molar-refractivity contribution is 0.177. The molecule has 0 aliphatic heterocycles. The summed E-state index contributed by atoms with van der Waals surface area (Å²) in [6.07, 6.45) is -0.533. The van der Waals surface area contributed by atoms with Crippen LogP contribution in [0.5, 0.6) is 11.5 Å². The highest BCUT2D eigenvalue weighted by atomic mass is 16.5. The molecule has 0 aliphatic rings. The van der Waals surface area contributed by atoms with Gasteiger partial charge in [0.25, 0.3) is 0 Å². The molecule has 0 amide bonds. The van der Waals surface area contributed by atoms with Gasteiger partial charge in [0.15, 0.2) is 11.5 Å². The number of nitrogens with one attached hydrogen (secondary N) is 1. The number of benzene rings is 1. The van der Waals surface area contributed by atoms with E-state index in [4.69, 9.17) is 9.47 Å². The van der Waals surface area contributed by atoms with E-state index in [-0.39, 0.29) is 0 Å². The van der Waals surface area contributed by atoms with Gasteiger partial charge in [-0.1, -0.05) is 6.07 Å². The summed E-state index contributed by atoms with van der Waals surface area (Å²) in [5, 5.41) is 12.7. The van der Waals surface area contributed by atoms with E-state index in [1.807, 2.05) is 19.1 Å². The molecule has 0 bridgehead atoms. The zero-order valence-electron chi connectivity index (χ0n) is 9.99. The first kappa shape index (κ1) is 12.8. The third-order valence-corrected chi connectivity index (χ3v) is 2.27. The van der Waals surface area contributed by atoms with Crippen LogP contribution < -0.4 is 14.8 Å². The van der Waals surface area contributed by atoms with E-state index in [9.17, 15) is 5.11 Å². The van der Waals surface area contributed by atoms with Gasteiger partial charge >= 0.3 is 0 Å². The summed E-state index contributed by atoms with van der Waals surface area (Å²) in [5.74, 6) is 1.35. The predicted molar refractivity (Wildman–Crippen MR) is 63.0 cm³/mol. The molecular formula is C12H19NO3. The van der Waals surface area contributed by atoms with E-state index in [1.54, 1.807) is 20.2 Å². The quantitative estimate of drug-likeness (QED) is 0.767. The molecule has 1 unspecified atom stereocenters. The summed E-state index contributed by atoms with van der Waals surface area (Å²) in [7, 11) is 3.39. The number of likely N-dealkylation sites (N-methyl/N-ethyl adjacent to an activating group) is 1. The average molecular weight is 225 g/mol. The largest absolute Gasteiger partial charge is 0.493 e. The SMILES string of the molecule is CCOc1ccc(C(O)CNC)cc1OC. The lowest BCUT2D eigenvalue weighted by Crippen LogP contribution is -2.16. The van der Waals surface area contributed by atoms with Gasteiger partial charge in [-0.2, -0.15) is 0 Å². The molecule has 4 heteroatoms. The topological polar surface area (TPSA) is 50.7 Å². The Labute approximate surface area is 96.2 Å². The Morgan fingerprint density at radius 3 is 2.69 bits per heavy atom. The number of hydrogen-bond donors (Lipinski definition) is 2. The Morgan fingerprint density at radius 2 is 2.12 bits per heavy atom. The third-order valence-electron chi connectivity index (χ3n) is 2.27. The molecule has 1 aromatic rings. The highest BCUT2D eigenvalue weighted by molar-refractivity contribution is 5.43. The van der Waals surface area contributed by atoms with Crippen molar-refractivity contribution in [3.05, 3.63) is 23.8 Å². The van der Waals surface area contributed by atoms with Crippen molar-refractivity contribution in [2.45, 2.75) is 13.0 Å². The first-order chi connectivity index (χ1) is 7.72. The summed E-state index contributed by atoms with van der Waals surface area (Å²) in [6, 6.07) is 5.46. The van der Waals surface area contributed by atoms with Crippen molar-refractivity contribution in [3.63, 3.8) is 0 Å². The molecule has 0 saturated carbocycles. The maximum Gasteiger partial charge on any atom is 0.161 e. The van der Waals surface area contributed by atoms with Crippen molar-refractivity contribution in [1.29, 1.82) is 0 Å². The van der Waals surface area contributed by atoms with E-state index < -0.39 is 6.10 Å². The van der Waals surface area contributed by atoms with Crippen LogP contribution in [0.4, 0.5) is 0 Å². The molecule has 0 aliphatic carbocycles. The molecule has 90 valence electrons. The number of rotatable bonds is 6. The minimum Gasteiger partial charge on any atom is -0.493 e. The molecule has 1 aromatic carbocycles. The lowest BCUT2D eigenvalue weighted by atomic mass is 10.1. The third kappa shape index (κ3) is 3.12. The maximum atomic E-state index is 9.80. The monoisotopic (exact) mass is 225 g/mol. The fourth-order valence-electron chi connectivity index (χ4n) is 1.48. The van der Waals surface area contributed by atoms with Gasteiger partial charge in [-0.05, 0) is 31.7 Å². The van der Waals surface area contributed by atoms with Crippen LogP contribution in [0.2, 0.25) is 0 Å². The van der Waals surface area contributed by atoms with Crippen molar-refractivity contribution in [2.75, 3.05) is 27.3 Å². The normalized spacial score (nSPS) is 12.2. The summed E-state index contributed by atoms with van der Waals surface area (Å²) in [6.45, 7) is 3.02. The van der Waals surface area contributed by atoms with Gasteiger partial charge in [0.2, 0.25) is 0 Å². The first-order valence-electron chi connectivity index (χ1n) is 5.36. The Hall–Kier alpha value is -1.26. The number of ether oxygens (including phenoxy) is 2. The summed E-state index contributed by atoms with van der Waals surface area (Å²) in [5.41, 5.74) is 0.814. The second-order valence-electron chi connectivity index (χ2n) is 3.42. The molecule has 1 rings (SSSR count). The molecule has 0 aromatic heterocycles. The minimum absolute atomic E-state index is 0.511. The van der Waals surface area contributed by atoms with Gasteiger partial charge < -0.3 is 19.9 Å².